The molecule has 0 aromatic carbocycles. The van der Waals surface area contributed by atoms with Crippen molar-refractivity contribution >= 4 is 11.7 Å². The molecule has 1 amide bonds. The third-order valence-electron chi connectivity index (χ3n) is 3.07. The highest BCUT2D eigenvalue weighted by Crippen LogP contribution is 2.32. The number of rotatable bonds is 6. The lowest BCUT2D eigenvalue weighted by Crippen LogP contribution is -2.28. The second kappa shape index (κ2) is 5.31. The van der Waals surface area contributed by atoms with Gasteiger partial charge in [0.25, 0.3) is 0 Å². The molecule has 2 rings (SSSR count). The van der Waals surface area contributed by atoms with Crippen molar-refractivity contribution in [2.75, 3.05) is 5.32 Å². The number of amides is 1. The largest absolute Gasteiger partial charge is 0.327 e. The van der Waals surface area contributed by atoms with Crippen LogP contribution in [0.2, 0.25) is 0 Å². The number of hydrogen-bond donors (Lipinski definition) is 3. The summed E-state index contributed by atoms with van der Waals surface area (Å²) in [5.41, 5.74) is 6.95. The van der Waals surface area contributed by atoms with Gasteiger partial charge in [0.05, 0.1) is 0 Å². The summed E-state index contributed by atoms with van der Waals surface area (Å²) in [5, 5.41) is 9.72. The minimum absolute atomic E-state index is 0.00375. The predicted octanol–water partition coefficient (Wildman–Crippen LogP) is 1.43. The van der Waals surface area contributed by atoms with E-state index in [9.17, 15) is 4.79 Å². The molecule has 5 nitrogen and oxygen atoms in total. The maximum Gasteiger partial charge on any atom is 0.227 e. The summed E-state index contributed by atoms with van der Waals surface area (Å²) in [6.45, 7) is 2.10. The molecule has 0 spiro atoms. The Balaban J connectivity index is 1.80. The molecular weight excluding hydrogens is 216 g/mol. The Bertz CT molecular complexity index is 384. The fourth-order valence-corrected chi connectivity index (χ4v) is 1.92. The van der Waals surface area contributed by atoms with Crippen molar-refractivity contribution < 1.29 is 4.79 Å². The number of carbonyl (C=O) groups excluding carboxylic acids is 1. The molecular formula is C12H20N4O. The normalized spacial score (nSPS) is 16.8. The molecule has 94 valence electrons. The second-order valence-corrected chi connectivity index (χ2v) is 4.78. The number of carbonyl (C=O) groups is 1. The van der Waals surface area contributed by atoms with E-state index in [4.69, 9.17) is 5.73 Å². The maximum atomic E-state index is 11.7. The van der Waals surface area contributed by atoms with Gasteiger partial charge < -0.3 is 11.1 Å². The van der Waals surface area contributed by atoms with Gasteiger partial charge in [-0.25, -0.2) is 0 Å². The zero-order valence-electron chi connectivity index (χ0n) is 10.2. The number of aryl methyl sites for hydroxylation is 1. The van der Waals surface area contributed by atoms with Crippen LogP contribution in [0.5, 0.6) is 0 Å². The van der Waals surface area contributed by atoms with Crippen molar-refractivity contribution in [1.29, 1.82) is 0 Å². The number of anilines is 1. The van der Waals surface area contributed by atoms with Crippen molar-refractivity contribution in [2.24, 2.45) is 11.7 Å². The molecule has 5 heteroatoms. The molecule has 1 aromatic heterocycles. The van der Waals surface area contributed by atoms with Crippen LogP contribution in [0.15, 0.2) is 6.07 Å². The summed E-state index contributed by atoms with van der Waals surface area (Å²) in [5.74, 6) is 1.11. The van der Waals surface area contributed by atoms with E-state index in [0.29, 0.717) is 18.2 Å². The van der Waals surface area contributed by atoms with Crippen molar-refractivity contribution in [1.82, 2.24) is 10.2 Å². The summed E-state index contributed by atoms with van der Waals surface area (Å²) in [6.07, 6.45) is 4.72. The van der Waals surface area contributed by atoms with Gasteiger partial charge in [0, 0.05) is 24.2 Å². The molecule has 0 aliphatic heterocycles. The van der Waals surface area contributed by atoms with Crippen LogP contribution in [0.3, 0.4) is 0 Å². The van der Waals surface area contributed by atoms with E-state index in [1.807, 2.05) is 6.07 Å². The third kappa shape index (κ3) is 3.56. The SMILES string of the molecule is CCCc1cc(NC(=O)CC(N)C2CC2)n[nH]1. The van der Waals surface area contributed by atoms with Crippen molar-refractivity contribution in [3.8, 4) is 0 Å². The minimum atomic E-state index is -0.0426. The highest BCUT2D eigenvalue weighted by atomic mass is 16.1. The molecule has 1 aliphatic rings. The van der Waals surface area contributed by atoms with Gasteiger partial charge >= 0.3 is 0 Å². The van der Waals surface area contributed by atoms with Crippen LogP contribution in [0.25, 0.3) is 0 Å². The summed E-state index contributed by atoms with van der Waals surface area (Å²) in [6, 6.07) is 1.88. The monoisotopic (exact) mass is 236 g/mol. The van der Waals surface area contributed by atoms with Gasteiger partial charge in [-0.3, -0.25) is 9.89 Å². The van der Waals surface area contributed by atoms with Crippen LogP contribution >= 0.6 is 0 Å². The van der Waals surface area contributed by atoms with Crippen LogP contribution in [0.4, 0.5) is 5.82 Å². The summed E-state index contributed by atoms with van der Waals surface area (Å²) < 4.78 is 0. The molecule has 1 saturated carbocycles. The molecule has 1 heterocycles. The number of aromatic amines is 1. The molecule has 0 bridgehead atoms. The lowest BCUT2D eigenvalue weighted by molar-refractivity contribution is -0.116. The number of nitrogens with zero attached hydrogens (tertiary/aromatic N) is 1. The Labute approximate surface area is 101 Å². The zero-order valence-corrected chi connectivity index (χ0v) is 10.2. The second-order valence-electron chi connectivity index (χ2n) is 4.78. The Morgan fingerprint density at radius 1 is 1.71 bits per heavy atom. The minimum Gasteiger partial charge on any atom is -0.327 e. The van der Waals surface area contributed by atoms with Gasteiger partial charge in [-0.2, -0.15) is 5.10 Å². The topological polar surface area (TPSA) is 83.8 Å². The molecule has 4 N–H and O–H groups in total. The molecule has 1 aromatic rings. The number of nitrogens with two attached hydrogens (primary N) is 1. The van der Waals surface area contributed by atoms with Crippen molar-refractivity contribution in [3.63, 3.8) is 0 Å². The summed E-state index contributed by atoms with van der Waals surface area (Å²) in [4.78, 5) is 11.7. The van der Waals surface area contributed by atoms with Crippen LogP contribution < -0.4 is 11.1 Å². The number of H-pyrrole nitrogens is 1. The molecule has 1 atom stereocenters. The Morgan fingerprint density at radius 3 is 3.12 bits per heavy atom. The first kappa shape index (κ1) is 12.1. The van der Waals surface area contributed by atoms with Crippen LogP contribution in [-0.2, 0) is 11.2 Å². The van der Waals surface area contributed by atoms with E-state index in [1.165, 1.54) is 0 Å². The van der Waals surface area contributed by atoms with E-state index in [0.717, 1.165) is 31.4 Å². The zero-order chi connectivity index (χ0) is 12.3. The fraction of sp³-hybridized carbons (Fsp3) is 0.667. The number of hydrogen-bond acceptors (Lipinski definition) is 3. The average Bonchev–Trinajstić information content (AvgIpc) is 3.03. The smallest absolute Gasteiger partial charge is 0.227 e. The van der Waals surface area contributed by atoms with Crippen molar-refractivity contribution in [2.45, 2.75) is 45.1 Å². The average molecular weight is 236 g/mol. The first-order valence-electron chi connectivity index (χ1n) is 6.28. The summed E-state index contributed by atoms with van der Waals surface area (Å²) in [7, 11) is 0. The van der Waals surface area contributed by atoms with E-state index >= 15 is 0 Å². The molecule has 0 saturated heterocycles. The van der Waals surface area contributed by atoms with Gasteiger partial charge in [0.15, 0.2) is 5.82 Å². The lowest BCUT2D eigenvalue weighted by Gasteiger charge is -2.08. The van der Waals surface area contributed by atoms with E-state index < -0.39 is 0 Å². The first-order valence-corrected chi connectivity index (χ1v) is 6.28. The molecule has 1 unspecified atom stereocenters. The first-order chi connectivity index (χ1) is 8.19. The van der Waals surface area contributed by atoms with Crippen LogP contribution in [0.1, 0.15) is 38.3 Å². The number of nitrogens with one attached hydrogen (secondary N) is 2. The van der Waals surface area contributed by atoms with E-state index in [1.54, 1.807) is 0 Å². The molecule has 1 aliphatic carbocycles. The number of aromatic nitrogens is 2. The Morgan fingerprint density at radius 2 is 2.47 bits per heavy atom. The van der Waals surface area contributed by atoms with Gasteiger partial charge in [0.2, 0.25) is 5.91 Å². The quantitative estimate of drug-likeness (QED) is 0.698. The van der Waals surface area contributed by atoms with Gasteiger partial charge in [0.1, 0.15) is 0 Å². The highest BCUT2D eigenvalue weighted by molar-refractivity contribution is 5.90. The van der Waals surface area contributed by atoms with Gasteiger partial charge in [-0.1, -0.05) is 13.3 Å². The third-order valence-corrected chi connectivity index (χ3v) is 3.07. The van der Waals surface area contributed by atoms with Crippen LogP contribution in [-0.4, -0.2) is 22.1 Å². The molecule has 1 fully saturated rings. The van der Waals surface area contributed by atoms with Crippen molar-refractivity contribution in [3.05, 3.63) is 11.8 Å². The predicted molar refractivity (Wildman–Crippen MR) is 66.5 cm³/mol. The van der Waals surface area contributed by atoms with Crippen LogP contribution in [0, 0.1) is 5.92 Å². The van der Waals surface area contributed by atoms with E-state index in [2.05, 4.69) is 22.4 Å². The summed E-state index contributed by atoms with van der Waals surface area (Å²) >= 11 is 0. The van der Waals surface area contributed by atoms with E-state index in [-0.39, 0.29) is 11.9 Å². The van der Waals surface area contributed by atoms with Gasteiger partial charge in [-0.15, -0.1) is 0 Å². The Hall–Kier alpha value is -1.36. The molecule has 0 radical (unpaired) electrons. The standard InChI is InChI=1S/C12H20N4O/c1-2-3-9-6-11(16-15-9)14-12(17)7-10(13)8-4-5-8/h6,8,10H,2-5,7,13H2,1H3,(H2,14,15,16,17). The van der Waals surface area contributed by atoms with Gasteiger partial charge in [-0.05, 0) is 25.2 Å². The molecule has 17 heavy (non-hydrogen) atoms. The lowest BCUT2D eigenvalue weighted by atomic mass is 10.1. The maximum absolute atomic E-state index is 11.7. The fourth-order valence-electron chi connectivity index (χ4n) is 1.92. The Kier molecular flexibility index (Phi) is 3.78. The highest BCUT2D eigenvalue weighted by Gasteiger charge is 2.29.